The molecule has 1 aromatic carbocycles. The van der Waals surface area contributed by atoms with Gasteiger partial charge < -0.3 is 15.5 Å². The van der Waals surface area contributed by atoms with Crippen LogP contribution in [-0.4, -0.2) is 57.2 Å². The Balaban J connectivity index is 1.34. The minimum Gasteiger partial charge on any atom is -0.335 e. The zero-order valence-electron chi connectivity index (χ0n) is 24.5. The molecular formula is C31H37F4N5O3. The van der Waals surface area contributed by atoms with Crippen molar-refractivity contribution in [2.75, 3.05) is 11.9 Å². The normalized spacial score (nSPS) is 20.0. The molecule has 2 N–H and O–H groups in total. The van der Waals surface area contributed by atoms with E-state index in [9.17, 15) is 27.6 Å². The molecule has 2 aromatic rings. The minimum absolute atomic E-state index is 0.00608. The number of benzene rings is 1. The van der Waals surface area contributed by atoms with Crippen LogP contribution in [0.2, 0.25) is 0 Å². The second kappa shape index (κ2) is 12.1. The molecule has 43 heavy (non-hydrogen) atoms. The molecule has 3 fully saturated rings. The van der Waals surface area contributed by atoms with Gasteiger partial charge in [0, 0.05) is 18.8 Å². The molecule has 2 aliphatic carbocycles. The highest BCUT2D eigenvalue weighted by molar-refractivity contribution is 6.02. The number of carbonyl (C=O) groups excluding carboxylic acids is 3. The Morgan fingerprint density at radius 1 is 1.02 bits per heavy atom. The number of likely N-dealkylation sites (tertiary alicyclic amines) is 1. The molecule has 3 aliphatic rings. The zero-order valence-corrected chi connectivity index (χ0v) is 24.5. The average Bonchev–Trinajstić information content (AvgIpc) is 3.91. The van der Waals surface area contributed by atoms with Crippen molar-refractivity contribution in [3.63, 3.8) is 0 Å². The summed E-state index contributed by atoms with van der Waals surface area (Å²) in [6.45, 7) is 5.22. The van der Waals surface area contributed by atoms with Gasteiger partial charge in [0.1, 0.15) is 23.6 Å². The summed E-state index contributed by atoms with van der Waals surface area (Å²) in [4.78, 5) is 40.9. The number of piperidine rings is 1. The molecule has 2 saturated carbocycles. The van der Waals surface area contributed by atoms with Crippen molar-refractivity contribution in [3.05, 3.63) is 58.7 Å². The van der Waals surface area contributed by atoms with Crippen LogP contribution in [0.5, 0.6) is 0 Å². The van der Waals surface area contributed by atoms with Crippen LogP contribution in [0.1, 0.15) is 93.7 Å². The van der Waals surface area contributed by atoms with Crippen LogP contribution in [0.25, 0.3) is 0 Å². The molecule has 3 amide bonds. The van der Waals surface area contributed by atoms with Crippen LogP contribution < -0.4 is 10.6 Å². The Morgan fingerprint density at radius 2 is 1.74 bits per heavy atom. The van der Waals surface area contributed by atoms with Crippen LogP contribution in [0.15, 0.2) is 41.6 Å². The van der Waals surface area contributed by atoms with Crippen molar-refractivity contribution >= 4 is 23.4 Å². The SMILES string of the molecule is CC(C)n1nccc1C(=O)N[C@H](C(=O)Nc1ccc([C@H](C)C(=O)N2CCCC[C@H]2C(F)(F)F)cc1F)C(=C1CC1)C1CC1. The smallest absolute Gasteiger partial charge is 0.335 e. The van der Waals surface area contributed by atoms with Gasteiger partial charge in [0.2, 0.25) is 5.91 Å². The topological polar surface area (TPSA) is 96.3 Å². The molecule has 12 heteroatoms. The van der Waals surface area contributed by atoms with E-state index in [2.05, 4.69) is 15.7 Å². The quantitative estimate of drug-likeness (QED) is 0.276. The summed E-state index contributed by atoms with van der Waals surface area (Å²) in [5.74, 6) is -3.44. The van der Waals surface area contributed by atoms with Gasteiger partial charge in [-0.25, -0.2) is 4.39 Å². The number of rotatable bonds is 9. The van der Waals surface area contributed by atoms with Crippen molar-refractivity contribution in [2.45, 2.75) is 95.9 Å². The van der Waals surface area contributed by atoms with Gasteiger partial charge in [-0.1, -0.05) is 11.6 Å². The molecule has 232 valence electrons. The van der Waals surface area contributed by atoms with Crippen molar-refractivity contribution in [2.24, 2.45) is 5.92 Å². The highest BCUT2D eigenvalue weighted by Gasteiger charge is 2.47. The lowest BCUT2D eigenvalue weighted by molar-refractivity contribution is -0.196. The van der Waals surface area contributed by atoms with E-state index in [0.717, 1.165) is 47.8 Å². The van der Waals surface area contributed by atoms with Gasteiger partial charge in [0.25, 0.3) is 11.8 Å². The summed E-state index contributed by atoms with van der Waals surface area (Å²) in [6, 6.07) is 2.44. The van der Waals surface area contributed by atoms with Gasteiger partial charge >= 0.3 is 6.18 Å². The third-order valence-electron chi connectivity index (χ3n) is 8.45. The number of hydrogen-bond acceptors (Lipinski definition) is 4. The van der Waals surface area contributed by atoms with E-state index in [0.29, 0.717) is 18.5 Å². The second-order valence-electron chi connectivity index (χ2n) is 12.0. The number of allylic oxidation sites excluding steroid dienone is 1. The lowest BCUT2D eigenvalue weighted by Crippen LogP contribution is -2.52. The number of hydrogen-bond donors (Lipinski definition) is 2. The zero-order chi connectivity index (χ0) is 31.1. The molecule has 3 atom stereocenters. The van der Waals surface area contributed by atoms with Crippen molar-refractivity contribution in [3.8, 4) is 0 Å². The molecule has 0 unspecified atom stereocenters. The predicted octanol–water partition coefficient (Wildman–Crippen LogP) is 5.89. The molecule has 1 aromatic heterocycles. The number of nitrogens with one attached hydrogen (secondary N) is 2. The first-order chi connectivity index (χ1) is 20.4. The highest BCUT2D eigenvalue weighted by Crippen LogP contribution is 2.46. The van der Waals surface area contributed by atoms with E-state index in [-0.39, 0.29) is 36.2 Å². The van der Waals surface area contributed by atoms with E-state index in [1.54, 1.807) is 10.7 Å². The molecule has 0 bridgehead atoms. The number of amides is 3. The molecule has 0 radical (unpaired) electrons. The average molecular weight is 604 g/mol. The predicted molar refractivity (Wildman–Crippen MR) is 152 cm³/mol. The van der Waals surface area contributed by atoms with Gasteiger partial charge in [-0.2, -0.15) is 18.3 Å². The molecule has 2 heterocycles. The number of carbonyl (C=O) groups is 3. The highest BCUT2D eigenvalue weighted by atomic mass is 19.4. The molecule has 5 rings (SSSR count). The van der Waals surface area contributed by atoms with Gasteiger partial charge in [-0.15, -0.1) is 0 Å². The maximum absolute atomic E-state index is 15.3. The fourth-order valence-corrected chi connectivity index (χ4v) is 5.90. The summed E-state index contributed by atoms with van der Waals surface area (Å²) in [5.41, 5.74) is 2.36. The van der Waals surface area contributed by atoms with Crippen molar-refractivity contribution < 1.29 is 31.9 Å². The molecular weight excluding hydrogens is 566 g/mol. The number of nitrogens with zero attached hydrogens (tertiary/aromatic N) is 3. The first-order valence-electron chi connectivity index (χ1n) is 14.9. The summed E-state index contributed by atoms with van der Waals surface area (Å²) in [6.07, 6.45) is 1.18. The summed E-state index contributed by atoms with van der Waals surface area (Å²) >= 11 is 0. The minimum atomic E-state index is -4.54. The van der Waals surface area contributed by atoms with Gasteiger partial charge in [-0.05, 0) is 101 Å². The Hall–Kier alpha value is -3.70. The van der Waals surface area contributed by atoms with E-state index >= 15 is 4.39 Å². The Morgan fingerprint density at radius 3 is 2.35 bits per heavy atom. The van der Waals surface area contributed by atoms with Crippen LogP contribution in [0.4, 0.5) is 23.2 Å². The Kier molecular flexibility index (Phi) is 8.67. The van der Waals surface area contributed by atoms with Crippen molar-refractivity contribution in [1.82, 2.24) is 20.0 Å². The van der Waals surface area contributed by atoms with Crippen LogP contribution >= 0.6 is 0 Å². The molecule has 0 spiro atoms. The summed E-state index contributed by atoms with van der Waals surface area (Å²) < 4.78 is 57.6. The fraction of sp³-hybridized carbons (Fsp3) is 0.548. The monoisotopic (exact) mass is 603 g/mol. The third-order valence-corrected chi connectivity index (χ3v) is 8.45. The second-order valence-corrected chi connectivity index (χ2v) is 12.0. The third kappa shape index (κ3) is 6.78. The number of aromatic nitrogens is 2. The summed E-state index contributed by atoms with van der Waals surface area (Å²) in [5, 5.41) is 9.66. The number of anilines is 1. The first-order valence-corrected chi connectivity index (χ1v) is 14.9. The molecule has 1 saturated heterocycles. The van der Waals surface area contributed by atoms with E-state index in [1.165, 1.54) is 25.3 Å². The number of halogens is 4. The number of alkyl halides is 3. The fourth-order valence-electron chi connectivity index (χ4n) is 5.90. The lowest BCUT2D eigenvalue weighted by Gasteiger charge is -2.38. The first kappa shape index (κ1) is 30.7. The van der Waals surface area contributed by atoms with Crippen molar-refractivity contribution in [1.29, 1.82) is 0 Å². The molecule has 1 aliphatic heterocycles. The Bertz CT molecular complexity index is 1420. The Labute approximate surface area is 247 Å². The van der Waals surface area contributed by atoms with Gasteiger partial charge in [0.15, 0.2) is 0 Å². The van der Waals surface area contributed by atoms with Gasteiger partial charge in [0.05, 0.1) is 11.6 Å². The van der Waals surface area contributed by atoms with E-state index in [1.807, 2.05) is 13.8 Å². The van der Waals surface area contributed by atoms with Gasteiger partial charge in [-0.3, -0.25) is 19.1 Å². The van der Waals surface area contributed by atoms with E-state index in [4.69, 9.17) is 0 Å². The summed E-state index contributed by atoms with van der Waals surface area (Å²) in [7, 11) is 0. The maximum atomic E-state index is 15.3. The standard InChI is InChI=1S/C31H37F4N5O3/c1-17(2)40-24(13-14-36-40)28(41)38-27(26(19-7-8-19)20-9-10-20)29(42)37-23-12-11-21(16-22(23)32)18(3)30(43)39-15-5-4-6-25(39)31(33,34)35/h11-14,16-19,25,27H,4-10,15H2,1-3H3,(H,37,42)(H,38,41)/t18-,25-,27-/m0/s1. The van der Waals surface area contributed by atoms with E-state index < -0.39 is 47.7 Å². The largest absolute Gasteiger partial charge is 0.408 e. The van der Waals surface area contributed by atoms with Crippen LogP contribution in [-0.2, 0) is 9.59 Å². The van der Waals surface area contributed by atoms with Crippen LogP contribution in [0.3, 0.4) is 0 Å². The van der Waals surface area contributed by atoms with Crippen LogP contribution in [0, 0.1) is 11.7 Å². The lowest BCUT2D eigenvalue weighted by atomic mass is 9.95. The molecule has 8 nitrogen and oxygen atoms in total. The maximum Gasteiger partial charge on any atom is 0.408 e.